The molecule has 7 heteroatoms. The van der Waals surface area contributed by atoms with E-state index in [0.29, 0.717) is 23.0 Å². The van der Waals surface area contributed by atoms with Gasteiger partial charge in [0.05, 0.1) is 10.4 Å². The van der Waals surface area contributed by atoms with Crippen LogP contribution in [0.1, 0.15) is 65.5 Å². The fourth-order valence-corrected chi connectivity index (χ4v) is 6.48. The largest absolute Gasteiger partial charge is 0.338 e. The second kappa shape index (κ2) is 9.55. The smallest absolute Gasteiger partial charge is 0.263 e. The molecule has 0 bridgehead atoms. The van der Waals surface area contributed by atoms with Crippen LogP contribution in [0.4, 0.5) is 4.39 Å². The number of thiophene rings is 1. The average Bonchev–Trinajstić information content (AvgIpc) is 3.61. The molecule has 1 unspecified atom stereocenters. The van der Waals surface area contributed by atoms with Crippen LogP contribution in [-0.2, 0) is 0 Å². The van der Waals surface area contributed by atoms with E-state index in [2.05, 4.69) is 11.8 Å². The Labute approximate surface area is 199 Å². The molecule has 0 saturated carbocycles. The first kappa shape index (κ1) is 22.5. The van der Waals surface area contributed by atoms with Crippen LogP contribution in [-0.4, -0.2) is 71.3 Å². The Morgan fingerprint density at radius 2 is 1.76 bits per heavy atom. The van der Waals surface area contributed by atoms with Crippen molar-refractivity contribution < 1.29 is 14.0 Å². The molecule has 3 saturated heterocycles. The molecule has 1 aromatic carbocycles. The number of carbonyl (C=O) groups excluding carboxylic acids is 2. The minimum atomic E-state index is -0.487. The normalized spacial score (nSPS) is 23.6. The zero-order chi connectivity index (χ0) is 22.9. The highest BCUT2D eigenvalue weighted by molar-refractivity contribution is 7.17. The first-order valence-electron chi connectivity index (χ1n) is 12.3. The Bertz CT molecular complexity index is 1030. The second-order valence-electron chi connectivity index (χ2n) is 9.64. The van der Waals surface area contributed by atoms with Gasteiger partial charge in [0.1, 0.15) is 5.82 Å². The number of halogens is 1. The van der Waals surface area contributed by atoms with Gasteiger partial charge in [-0.15, -0.1) is 11.3 Å². The van der Waals surface area contributed by atoms with E-state index in [1.165, 1.54) is 30.2 Å². The lowest BCUT2D eigenvalue weighted by molar-refractivity contribution is 0.0691. The molecule has 2 amide bonds. The van der Waals surface area contributed by atoms with Gasteiger partial charge in [0.15, 0.2) is 0 Å². The summed E-state index contributed by atoms with van der Waals surface area (Å²) < 4.78 is 15.1. The monoisotopic (exact) mass is 469 g/mol. The molecule has 0 N–H and O–H groups in total. The highest BCUT2D eigenvalue weighted by atomic mass is 32.1. The van der Waals surface area contributed by atoms with Gasteiger partial charge in [-0.3, -0.25) is 14.5 Å². The maximum atomic E-state index is 15.1. The van der Waals surface area contributed by atoms with Crippen molar-refractivity contribution in [3.8, 4) is 10.4 Å². The summed E-state index contributed by atoms with van der Waals surface area (Å²) >= 11 is 1.39. The van der Waals surface area contributed by atoms with Crippen molar-refractivity contribution in [1.82, 2.24) is 14.7 Å². The van der Waals surface area contributed by atoms with E-state index in [1.54, 1.807) is 12.1 Å². The molecule has 5 nitrogen and oxygen atoms in total. The molecular formula is C26H32FN3O2S. The molecule has 0 radical (unpaired) electrons. The van der Waals surface area contributed by atoms with E-state index < -0.39 is 5.82 Å². The highest BCUT2D eigenvalue weighted by Gasteiger charge is 2.34. The molecule has 3 aliphatic rings. The summed E-state index contributed by atoms with van der Waals surface area (Å²) in [6, 6.07) is 9.28. The fraction of sp³-hybridized carbons (Fsp3) is 0.538. The summed E-state index contributed by atoms with van der Waals surface area (Å²) in [5.41, 5.74) is 0.850. The molecule has 176 valence electrons. The first-order chi connectivity index (χ1) is 16.0. The third-order valence-corrected chi connectivity index (χ3v) is 8.59. The summed E-state index contributed by atoms with van der Waals surface area (Å²) in [5.74, 6) is -0.633. The Kier molecular flexibility index (Phi) is 6.52. The van der Waals surface area contributed by atoms with Gasteiger partial charge in [-0.1, -0.05) is 6.07 Å². The van der Waals surface area contributed by atoms with Gasteiger partial charge >= 0.3 is 0 Å². The van der Waals surface area contributed by atoms with E-state index in [-0.39, 0.29) is 23.4 Å². The predicted octanol–water partition coefficient (Wildman–Crippen LogP) is 4.88. The summed E-state index contributed by atoms with van der Waals surface area (Å²) in [7, 11) is 0. The van der Waals surface area contributed by atoms with Crippen LogP contribution in [0.3, 0.4) is 0 Å². The van der Waals surface area contributed by atoms with Crippen LogP contribution in [0.5, 0.6) is 0 Å². The van der Waals surface area contributed by atoms with Crippen LogP contribution in [0.15, 0.2) is 30.3 Å². The SMILES string of the molecule is C[C@H]1CCCN1CC1CCCN1C(=O)c1ccc(-c2ccc(C(=O)N3CCCC3)s2)cc1F. The molecule has 4 heterocycles. The summed E-state index contributed by atoms with van der Waals surface area (Å²) in [4.78, 5) is 33.6. The molecule has 0 aliphatic carbocycles. The fourth-order valence-electron chi connectivity index (χ4n) is 5.51. The molecule has 5 rings (SSSR count). The summed E-state index contributed by atoms with van der Waals surface area (Å²) in [6.45, 7) is 6.54. The molecule has 33 heavy (non-hydrogen) atoms. The number of benzene rings is 1. The maximum absolute atomic E-state index is 15.1. The molecule has 1 aromatic heterocycles. The Hall–Kier alpha value is -2.25. The number of nitrogens with zero attached hydrogens (tertiary/aromatic N) is 3. The van der Waals surface area contributed by atoms with E-state index in [4.69, 9.17) is 0 Å². The van der Waals surface area contributed by atoms with Gasteiger partial charge in [0.25, 0.3) is 11.8 Å². The Balaban J connectivity index is 1.29. The number of rotatable bonds is 5. The number of hydrogen-bond donors (Lipinski definition) is 0. The average molecular weight is 470 g/mol. The van der Waals surface area contributed by atoms with Crippen molar-refractivity contribution in [2.45, 2.75) is 57.5 Å². The molecule has 0 spiro atoms. The van der Waals surface area contributed by atoms with Crippen LogP contribution < -0.4 is 0 Å². The standard InChI is InChI=1S/C26H32FN3O2S/c1-18-6-4-14-29(18)17-20-7-5-15-30(20)25(31)21-9-8-19(16-22(21)27)23-10-11-24(33-23)26(32)28-12-2-3-13-28/h8-11,16,18,20H,2-7,12-15,17H2,1H3/t18-,20?/m0/s1. The zero-order valence-corrected chi connectivity index (χ0v) is 20.1. The minimum Gasteiger partial charge on any atom is -0.338 e. The van der Waals surface area contributed by atoms with Crippen molar-refractivity contribution in [2.75, 3.05) is 32.7 Å². The van der Waals surface area contributed by atoms with Gasteiger partial charge in [0.2, 0.25) is 0 Å². The van der Waals surface area contributed by atoms with Crippen molar-refractivity contribution >= 4 is 23.2 Å². The zero-order valence-electron chi connectivity index (χ0n) is 19.3. The van der Waals surface area contributed by atoms with E-state index in [0.717, 1.165) is 56.7 Å². The Morgan fingerprint density at radius 1 is 0.970 bits per heavy atom. The molecule has 2 aromatic rings. The summed E-state index contributed by atoms with van der Waals surface area (Å²) in [5, 5.41) is 0. The van der Waals surface area contributed by atoms with E-state index >= 15 is 4.39 Å². The van der Waals surface area contributed by atoms with E-state index in [1.807, 2.05) is 21.9 Å². The van der Waals surface area contributed by atoms with E-state index in [9.17, 15) is 9.59 Å². The topological polar surface area (TPSA) is 43.9 Å². The molecule has 3 fully saturated rings. The van der Waals surface area contributed by atoms with Crippen molar-refractivity contribution in [3.05, 3.63) is 46.6 Å². The third kappa shape index (κ3) is 4.58. The number of amides is 2. The number of likely N-dealkylation sites (tertiary alicyclic amines) is 3. The molecule has 2 atom stereocenters. The van der Waals surface area contributed by atoms with Crippen molar-refractivity contribution in [1.29, 1.82) is 0 Å². The van der Waals surface area contributed by atoms with Crippen molar-refractivity contribution in [2.24, 2.45) is 0 Å². The third-order valence-electron chi connectivity index (χ3n) is 7.47. The number of hydrogen-bond acceptors (Lipinski definition) is 4. The van der Waals surface area contributed by atoms with Crippen LogP contribution in [0.25, 0.3) is 10.4 Å². The van der Waals surface area contributed by atoms with Gasteiger partial charge in [0, 0.05) is 43.1 Å². The van der Waals surface area contributed by atoms with Crippen LogP contribution in [0.2, 0.25) is 0 Å². The van der Waals surface area contributed by atoms with Gasteiger partial charge in [-0.25, -0.2) is 4.39 Å². The Morgan fingerprint density at radius 3 is 2.48 bits per heavy atom. The molecule has 3 aliphatic heterocycles. The predicted molar refractivity (Wildman–Crippen MR) is 129 cm³/mol. The van der Waals surface area contributed by atoms with Crippen LogP contribution >= 0.6 is 11.3 Å². The lowest BCUT2D eigenvalue weighted by atomic mass is 10.1. The molecular weight excluding hydrogens is 437 g/mol. The first-order valence-corrected chi connectivity index (χ1v) is 13.1. The van der Waals surface area contributed by atoms with Gasteiger partial charge < -0.3 is 9.80 Å². The summed E-state index contributed by atoms with van der Waals surface area (Å²) in [6.07, 6.45) is 6.50. The minimum absolute atomic E-state index is 0.0587. The lowest BCUT2D eigenvalue weighted by Crippen LogP contribution is -2.44. The highest BCUT2D eigenvalue weighted by Crippen LogP contribution is 2.32. The number of carbonyl (C=O) groups is 2. The quantitative estimate of drug-likeness (QED) is 0.627. The van der Waals surface area contributed by atoms with Gasteiger partial charge in [-0.05, 0) is 81.8 Å². The lowest BCUT2D eigenvalue weighted by Gasteiger charge is -2.31. The van der Waals surface area contributed by atoms with Crippen molar-refractivity contribution in [3.63, 3.8) is 0 Å². The van der Waals surface area contributed by atoms with Crippen LogP contribution in [0, 0.1) is 5.82 Å². The maximum Gasteiger partial charge on any atom is 0.263 e. The van der Waals surface area contributed by atoms with Gasteiger partial charge in [-0.2, -0.15) is 0 Å². The second-order valence-corrected chi connectivity index (χ2v) is 10.7.